The molecule has 2 heteroatoms. The van der Waals surface area contributed by atoms with Crippen LogP contribution in [0.5, 0.6) is 0 Å². The van der Waals surface area contributed by atoms with Gasteiger partial charge in [-0.15, -0.1) is 11.6 Å². The fourth-order valence-corrected chi connectivity index (χ4v) is 1.97. The van der Waals surface area contributed by atoms with E-state index in [0.717, 1.165) is 18.9 Å². The first-order chi connectivity index (χ1) is 7.81. The molecule has 0 spiro atoms. The second kappa shape index (κ2) is 13.3. The summed E-state index contributed by atoms with van der Waals surface area (Å²) in [5, 5.41) is 0. The molecule has 0 saturated heterocycles. The standard InChI is InChI=1S/C14H29ClO/c1-3-4-5-8-11-14(2)16-13-10-7-6-9-12-15/h14H,3-13H2,1-2H3. The molecule has 1 atom stereocenters. The Balaban J connectivity index is 3.08. The molecule has 0 aliphatic carbocycles. The number of halogens is 1. The lowest BCUT2D eigenvalue weighted by Crippen LogP contribution is -2.09. The van der Waals surface area contributed by atoms with Gasteiger partial charge in [0.2, 0.25) is 0 Å². The molecule has 0 fully saturated rings. The van der Waals surface area contributed by atoms with Crippen LogP contribution in [0.15, 0.2) is 0 Å². The highest BCUT2D eigenvalue weighted by Gasteiger charge is 2.01. The predicted octanol–water partition coefficient (Wildman–Crippen LogP) is 5.16. The number of alkyl halides is 1. The van der Waals surface area contributed by atoms with E-state index in [2.05, 4.69) is 13.8 Å². The van der Waals surface area contributed by atoms with E-state index in [9.17, 15) is 0 Å². The SMILES string of the molecule is CCCCCCC(C)OCCCCCCCl. The summed E-state index contributed by atoms with van der Waals surface area (Å²) in [6, 6.07) is 0. The van der Waals surface area contributed by atoms with Gasteiger partial charge in [-0.2, -0.15) is 0 Å². The first-order valence-corrected chi connectivity index (χ1v) is 7.52. The second-order valence-electron chi connectivity index (χ2n) is 4.63. The third-order valence-electron chi connectivity index (χ3n) is 2.89. The van der Waals surface area contributed by atoms with Crippen molar-refractivity contribution in [3.8, 4) is 0 Å². The van der Waals surface area contributed by atoms with E-state index < -0.39 is 0 Å². The molecule has 0 aromatic rings. The van der Waals surface area contributed by atoms with Gasteiger partial charge in [-0.1, -0.05) is 45.4 Å². The van der Waals surface area contributed by atoms with E-state index in [1.165, 1.54) is 51.4 Å². The molecule has 0 radical (unpaired) electrons. The number of unbranched alkanes of at least 4 members (excludes halogenated alkanes) is 6. The Hall–Kier alpha value is 0.250. The fourth-order valence-electron chi connectivity index (χ4n) is 1.78. The van der Waals surface area contributed by atoms with E-state index in [1.54, 1.807) is 0 Å². The zero-order valence-electron chi connectivity index (χ0n) is 11.1. The highest BCUT2D eigenvalue weighted by molar-refractivity contribution is 6.17. The number of ether oxygens (including phenoxy) is 1. The van der Waals surface area contributed by atoms with Gasteiger partial charge in [0.05, 0.1) is 6.10 Å². The summed E-state index contributed by atoms with van der Waals surface area (Å²) in [6.07, 6.45) is 11.9. The first-order valence-electron chi connectivity index (χ1n) is 6.98. The van der Waals surface area contributed by atoms with Gasteiger partial charge in [0.15, 0.2) is 0 Å². The van der Waals surface area contributed by atoms with Crippen LogP contribution in [0.1, 0.15) is 71.6 Å². The molecule has 0 aromatic carbocycles. The van der Waals surface area contributed by atoms with Crippen molar-refractivity contribution in [2.45, 2.75) is 77.7 Å². The zero-order chi connectivity index (χ0) is 12.1. The summed E-state index contributed by atoms with van der Waals surface area (Å²) in [5.74, 6) is 0.800. The van der Waals surface area contributed by atoms with Crippen molar-refractivity contribution in [1.82, 2.24) is 0 Å². The van der Waals surface area contributed by atoms with Gasteiger partial charge in [0.25, 0.3) is 0 Å². The second-order valence-corrected chi connectivity index (χ2v) is 5.01. The van der Waals surface area contributed by atoms with Crippen LogP contribution in [0.2, 0.25) is 0 Å². The van der Waals surface area contributed by atoms with Crippen LogP contribution in [0, 0.1) is 0 Å². The molecule has 0 amide bonds. The molecule has 1 nitrogen and oxygen atoms in total. The number of hydrogen-bond acceptors (Lipinski definition) is 1. The Morgan fingerprint density at radius 1 is 0.938 bits per heavy atom. The molecule has 98 valence electrons. The van der Waals surface area contributed by atoms with Gasteiger partial charge >= 0.3 is 0 Å². The Kier molecular flexibility index (Phi) is 13.5. The summed E-state index contributed by atoms with van der Waals surface area (Å²) in [5.41, 5.74) is 0. The van der Waals surface area contributed by atoms with Crippen LogP contribution in [0.25, 0.3) is 0 Å². The van der Waals surface area contributed by atoms with E-state index >= 15 is 0 Å². The number of rotatable bonds is 12. The van der Waals surface area contributed by atoms with E-state index in [-0.39, 0.29) is 0 Å². The van der Waals surface area contributed by atoms with Gasteiger partial charge in [-0.25, -0.2) is 0 Å². The summed E-state index contributed by atoms with van der Waals surface area (Å²) in [4.78, 5) is 0. The van der Waals surface area contributed by atoms with Gasteiger partial charge in [0.1, 0.15) is 0 Å². The van der Waals surface area contributed by atoms with Crippen LogP contribution < -0.4 is 0 Å². The summed E-state index contributed by atoms with van der Waals surface area (Å²) in [6.45, 7) is 5.38. The Labute approximate surface area is 107 Å². The Bertz CT molecular complexity index is 128. The molecule has 0 aliphatic heterocycles. The maximum atomic E-state index is 5.77. The molecule has 0 saturated carbocycles. The molecular weight excluding hydrogens is 220 g/mol. The third-order valence-corrected chi connectivity index (χ3v) is 3.16. The largest absolute Gasteiger partial charge is 0.379 e. The minimum Gasteiger partial charge on any atom is -0.379 e. The Morgan fingerprint density at radius 3 is 2.31 bits per heavy atom. The van der Waals surface area contributed by atoms with Crippen LogP contribution in [0.4, 0.5) is 0 Å². The van der Waals surface area contributed by atoms with Gasteiger partial charge in [0, 0.05) is 12.5 Å². The van der Waals surface area contributed by atoms with Crippen LogP contribution in [0.3, 0.4) is 0 Å². The third kappa shape index (κ3) is 12.3. The Morgan fingerprint density at radius 2 is 1.62 bits per heavy atom. The van der Waals surface area contributed by atoms with Crippen molar-refractivity contribution < 1.29 is 4.74 Å². The molecule has 1 unspecified atom stereocenters. The molecule has 0 bridgehead atoms. The minimum absolute atomic E-state index is 0.449. The molecule has 0 heterocycles. The lowest BCUT2D eigenvalue weighted by Gasteiger charge is -2.12. The topological polar surface area (TPSA) is 9.23 Å². The van der Waals surface area contributed by atoms with Gasteiger partial charge in [-0.3, -0.25) is 0 Å². The minimum atomic E-state index is 0.449. The van der Waals surface area contributed by atoms with Crippen molar-refractivity contribution in [3.05, 3.63) is 0 Å². The smallest absolute Gasteiger partial charge is 0.0547 e. The molecule has 0 rings (SSSR count). The van der Waals surface area contributed by atoms with Crippen LogP contribution in [-0.2, 0) is 4.74 Å². The van der Waals surface area contributed by atoms with Crippen molar-refractivity contribution in [3.63, 3.8) is 0 Å². The van der Waals surface area contributed by atoms with Crippen LogP contribution in [-0.4, -0.2) is 18.6 Å². The van der Waals surface area contributed by atoms with Gasteiger partial charge in [-0.05, 0) is 26.2 Å². The highest BCUT2D eigenvalue weighted by atomic mass is 35.5. The van der Waals surface area contributed by atoms with Crippen molar-refractivity contribution in [2.75, 3.05) is 12.5 Å². The van der Waals surface area contributed by atoms with E-state index in [0.29, 0.717) is 6.10 Å². The molecule has 0 N–H and O–H groups in total. The average Bonchev–Trinajstić information content (AvgIpc) is 2.29. The summed E-state index contributed by atoms with van der Waals surface area (Å²) < 4.78 is 5.77. The average molecular weight is 249 g/mol. The van der Waals surface area contributed by atoms with E-state index in [4.69, 9.17) is 16.3 Å². The highest BCUT2D eigenvalue weighted by Crippen LogP contribution is 2.09. The maximum absolute atomic E-state index is 5.77. The van der Waals surface area contributed by atoms with Crippen molar-refractivity contribution >= 4 is 11.6 Å². The molecule has 0 aliphatic rings. The normalized spacial score (nSPS) is 12.9. The quantitative estimate of drug-likeness (QED) is 0.342. The monoisotopic (exact) mass is 248 g/mol. The number of hydrogen-bond donors (Lipinski definition) is 0. The van der Waals surface area contributed by atoms with Crippen LogP contribution >= 0.6 is 11.6 Å². The summed E-state index contributed by atoms with van der Waals surface area (Å²) in [7, 11) is 0. The summed E-state index contributed by atoms with van der Waals surface area (Å²) >= 11 is 5.62. The molecule has 0 aromatic heterocycles. The first kappa shape index (κ1) is 16.2. The van der Waals surface area contributed by atoms with E-state index in [1.807, 2.05) is 0 Å². The predicted molar refractivity (Wildman–Crippen MR) is 73.4 cm³/mol. The lowest BCUT2D eigenvalue weighted by atomic mass is 10.1. The van der Waals surface area contributed by atoms with Crippen molar-refractivity contribution in [2.24, 2.45) is 0 Å². The fraction of sp³-hybridized carbons (Fsp3) is 1.00. The molecular formula is C14H29ClO. The lowest BCUT2D eigenvalue weighted by molar-refractivity contribution is 0.0558. The van der Waals surface area contributed by atoms with Gasteiger partial charge < -0.3 is 4.74 Å². The molecule has 16 heavy (non-hydrogen) atoms. The zero-order valence-corrected chi connectivity index (χ0v) is 11.9. The van der Waals surface area contributed by atoms with Crippen molar-refractivity contribution in [1.29, 1.82) is 0 Å². The maximum Gasteiger partial charge on any atom is 0.0547 e.